The number of hydrogen-bond acceptors (Lipinski definition) is 7. The van der Waals surface area contributed by atoms with E-state index in [1.165, 1.54) is 37.7 Å². The number of nitriles is 2. The average molecular weight is 505 g/mol. The van der Waals surface area contributed by atoms with E-state index in [-0.39, 0.29) is 6.54 Å². The van der Waals surface area contributed by atoms with Gasteiger partial charge in [-0.15, -0.1) is 11.8 Å². The molecule has 2 aromatic rings. The highest BCUT2D eigenvalue weighted by Gasteiger charge is 2.29. The lowest BCUT2D eigenvalue weighted by atomic mass is 9.99. The van der Waals surface area contributed by atoms with Gasteiger partial charge >= 0.3 is 6.09 Å². The Bertz CT molecular complexity index is 1160. The van der Waals surface area contributed by atoms with Gasteiger partial charge in [0.25, 0.3) is 0 Å². The lowest BCUT2D eigenvalue weighted by molar-refractivity contribution is 0.194. The number of aromatic nitrogens is 1. The van der Waals surface area contributed by atoms with Gasteiger partial charge in [0.15, 0.2) is 0 Å². The number of thioether (sulfide) groups is 1. The smallest absolute Gasteiger partial charge is 0.404 e. The molecule has 2 saturated heterocycles. The van der Waals surface area contributed by atoms with Crippen molar-refractivity contribution in [3.8, 4) is 12.1 Å². The maximum atomic E-state index is 10.7. The number of piperidine rings is 1. The van der Waals surface area contributed by atoms with Gasteiger partial charge in [-0.25, -0.2) is 9.78 Å². The second kappa shape index (κ2) is 12.1. The summed E-state index contributed by atoms with van der Waals surface area (Å²) in [6, 6.07) is 13.0. The van der Waals surface area contributed by atoms with Gasteiger partial charge in [-0.1, -0.05) is 31.2 Å². The first-order valence-corrected chi connectivity index (χ1v) is 13.6. The quantitative estimate of drug-likeness (QED) is 0.505. The maximum absolute atomic E-state index is 10.7. The van der Waals surface area contributed by atoms with Crippen molar-refractivity contribution in [1.29, 1.82) is 10.5 Å². The first-order chi connectivity index (χ1) is 17.5. The van der Waals surface area contributed by atoms with Gasteiger partial charge in [-0.3, -0.25) is 0 Å². The predicted molar refractivity (Wildman–Crippen MR) is 140 cm³/mol. The van der Waals surface area contributed by atoms with Crippen molar-refractivity contribution < 1.29 is 9.90 Å². The molecular formula is C27H32N6O2S. The number of anilines is 1. The Morgan fingerprint density at radius 2 is 1.72 bits per heavy atom. The number of nitrogens with zero attached hydrogens (tertiary/aromatic N) is 5. The molecule has 1 aromatic carbocycles. The summed E-state index contributed by atoms with van der Waals surface area (Å²) < 4.78 is 0. The molecule has 0 spiro atoms. The summed E-state index contributed by atoms with van der Waals surface area (Å²) in [5.41, 5.74) is 3.75. The number of benzene rings is 1. The lowest BCUT2D eigenvalue weighted by Crippen LogP contribution is -2.44. The standard InChI is InChI=1S/C27H32N6O2S/c1-2-22-23(15-28)25(33-13-9-21(10-14-33)32-11-3-4-12-32)31-26(24(22)16-29)36-18-20-7-5-19(6-8-20)17-30-27(34)35/h5-8,21,30H,2-4,9-14,17-18H2,1H3,(H,34,35). The Morgan fingerprint density at radius 3 is 2.31 bits per heavy atom. The largest absolute Gasteiger partial charge is 0.465 e. The summed E-state index contributed by atoms with van der Waals surface area (Å²) in [6.45, 7) is 6.37. The lowest BCUT2D eigenvalue weighted by Gasteiger charge is -2.37. The third kappa shape index (κ3) is 5.92. The van der Waals surface area contributed by atoms with Crippen molar-refractivity contribution in [3.63, 3.8) is 0 Å². The second-order valence-corrected chi connectivity index (χ2v) is 10.2. The number of nitrogens with one attached hydrogen (secondary N) is 1. The van der Waals surface area contributed by atoms with E-state index in [1.54, 1.807) is 0 Å². The van der Waals surface area contributed by atoms with Crippen LogP contribution in [-0.4, -0.2) is 53.3 Å². The minimum absolute atomic E-state index is 0.260. The Balaban J connectivity index is 1.52. The summed E-state index contributed by atoms with van der Waals surface area (Å²) >= 11 is 1.51. The minimum atomic E-state index is -1.05. The highest BCUT2D eigenvalue weighted by molar-refractivity contribution is 7.98. The number of carboxylic acid groups (broad SMARTS) is 1. The van der Waals surface area contributed by atoms with Crippen LogP contribution in [0.3, 0.4) is 0 Å². The van der Waals surface area contributed by atoms with Gasteiger partial charge in [0.1, 0.15) is 23.0 Å². The average Bonchev–Trinajstić information content (AvgIpc) is 3.45. The molecule has 0 saturated carbocycles. The van der Waals surface area contributed by atoms with Crippen molar-refractivity contribution in [2.24, 2.45) is 0 Å². The van der Waals surface area contributed by atoms with Crippen LogP contribution in [0.2, 0.25) is 0 Å². The van der Waals surface area contributed by atoms with Crippen LogP contribution in [0.25, 0.3) is 0 Å². The molecule has 0 aliphatic carbocycles. The zero-order valence-electron chi connectivity index (χ0n) is 20.7. The summed E-state index contributed by atoms with van der Waals surface area (Å²) in [5, 5.41) is 31.8. The van der Waals surface area contributed by atoms with Gasteiger partial charge in [0.05, 0.1) is 11.1 Å². The Morgan fingerprint density at radius 1 is 1.08 bits per heavy atom. The fourth-order valence-electron chi connectivity index (χ4n) is 5.15. The van der Waals surface area contributed by atoms with Crippen molar-refractivity contribution in [1.82, 2.24) is 15.2 Å². The molecular weight excluding hydrogens is 472 g/mol. The van der Waals surface area contributed by atoms with Gasteiger partial charge in [-0.05, 0) is 61.9 Å². The zero-order valence-corrected chi connectivity index (χ0v) is 21.5. The van der Waals surface area contributed by atoms with Crippen LogP contribution in [0.5, 0.6) is 0 Å². The molecule has 1 aromatic heterocycles. The molecule has 2 aliphatic rings. The fraction of sp³-hybridized carbons (Fsp3) is 0.481. The van der Waals surface area contributed by atoms with Gasteiger partial charge < -0.3 is 20.2 Å². The highest BCUT2D eigenvalue weighted by Crippen LogP contribution is 2.35. The summed E-state index contributed by atoms with van der Waals surface area (Å²) in [5.74, 6) is 1.34. The Labute approximate surface area is 216 Å². The molecule has 2 fully saturated rings. The molecule has 0 bridgehead atoms. The van der Waals surface area contributed by atoms with Crippen molar-refractivity contribution >= 4 is 23.7 Å². The van der Waals surface area contributed by atoms with Crippen LogP contribution < -0.4 is 10.2 Å². The molecule has 36 heavy (non-hydrogen) atoms. The number of carbonyl (C=O) groups is 1. The topological polar surface area (TPSA) is 116 Å². The minimum Gasteiger partial charge on any atom is -0.465 e. The molecule has 0 atom stereocenters. The maximum Gasteiger partial charge on any atom is 0.404 e. The predicted octanol–water partition coefficient (Wildman–Crippen LogP) is 4.51. The van der Waals surface area contributed by atoms with Crippen LogP contribution in [-0.2, 0) is 18.7 Å². The summed E-state index contributed by atoms with van der Waals surface area (Å²) in [4.78, 5) is 20.5. The van der Waals surface area contributed by atoms with E-state index in [0.717, 1.165) is 42.6 Å². The molecule has 1 amide bonds. The summed E-state index contributed by atoms with van der Waals surface area (Å²) in [6.07, 6.45) is 4.27. The number of pyridine rings is 1. The van der Waals surface area contributed by atoms with Crippen LogP contribution in [0.4, 0.5) is 10.6 Å². The molecule has 188 valence electrons. The number of rotatable bonds is 8. The molecule has 0 radical (unpaired) electrons. The molecule has 4 rings (SSSR count). The van der Waals surface area contributed by atoms with E-state index >= 15 is 0 Å². The Kier molecular flexibility index (Phi) is 8.69. The van der Waals surface area contributed by atoms with E-state index in [0.29, 0.717) is 40.2 Å². The van der Waals surface area contributed by atoms with Crippen LogP contribution in [0, 0.1) is 22.7 Å². The summed E-state index contributed by atoms with van der Waals surface area (Å²) in [7, 11) is 0. The van der Waals surface area contributed by atoms with Crippen LogP contribution in [0.15, 0.2) is 29.3 Å². The van der Waals surface area contributed by atoms with Gasteiger partial charge in [0.2, 0.25) is 0 Å². The van der Waals surface area contributed by atoms with E-state index in [2.05, 4.69) is 27.3 Å². The van der Waals surface area contributed by atoms with Crippen molar-refractivity contribution in [3.05, 3.63) is 52.1 Å². The van der Waals surface area contributed by atoms with Crippen LogP contribution >= 0.6 is 11.8 Å². The van der Waals surface area contributed by atoms with E-state index in [4.69, 9.17) is 10.1 Å². The molecule has 3 heterocycles. The molecule has 9 heteroatoms. The van der Waals surface area contributed by atoms with E-state index in [1.807, 2.05) is 31.2 Å². The first-order valence-electron chi connectivity index (χ1n) is 12.6. The highest BCUT2D eigenvalue weighted by atomic mass is 32.2. The first kappa shape index (κ1) is 25.8. The molecule has 2 N–H and O–H groups in total. The van der Waals surface area contributed by atoms with Crippen LogP contribution in [0.1, 0.15) is 60.4 Å². The third-order valence-electron chi connectivity index (χ3n) is 7.09. The van der Waals surface area contributed by atoms with Crippen molar-refractivity contribution in [2.45, 2.75) is 62.4 Å². The normalized spacial score (nSPS) is 16.5. The molecule has 0 unspecified atom stereocenters. The fourth-order valence-corrected chi connectivity index (χ4v) is 6.11. The van der Waals surface area contributed by atoms with E-state index < -0.39 is 6.09 Å². The number of amides is 1. The zero-order chi connectivity index (χ0) is 25.5. The number of likely N-dealkylation sites (tertiary alicyclic amines) is 1. The van der Waals surface area contributed by atoms with Gasteiger partial charge in [-0.2, -0.15) is 10.5 Å². The number of hydrogen-bond donors (Lipinski definition) is 2. The third-order valence-corrected chi connectivity index (χ3v) is 8.14. The van der Waals surface area contributed by atoms with Crippen molar-refractivity contribution in [2.75, 3.05) is 31.1 Å². The molecule has 8 nitrogen and oxygen atoms in total. The monoisotopic (exact) mass is 504 g/mol. The SMILES string of the molecule is CCc1c(C#N)c(SCc2ccc(CNC(=O)O)cc2)nc(N2CCC(N3CCCC3)CC2)c1C#N. The van der Waals surface area contributed by atoms with E-state index in [9.17, 15) is 15.3 Å². The van der Waals surface area contributed by atoms with Gasteiger partial charge in [0, 0.05) is 31.4 Å². The molecule has 2 aliphatic heterocycles. The second-order valence-electron chi connectivity index (χ2n) is 9.27. The Hall–Kier alpha value is -3.27.